The normalized spacial score (nSPS) is 13.2. The van der Waals surface area contributed by atoms with E-state index in [4.69, 9.17) is 10.2 Å². The van der Waals surface area contributed by atoms with Crippen LogP contribution in [0.4, 0.5) is 8.78 Å². The molecule has 4 heteroatoms. The lowest BCUT2D eigenvalue weighted by Gasteiger charge is -2.04. The maximum absolute atomic E-state index is 13.4. The van der Waals surface area contributed by atoms with Crippen molar-refractivity contribution in [3.63, 3.8) is 0 Å². The maximum Gasteiger partial charge on any atom is 0.140 e. The van der Waals surface area contributed by atoms with E-state index in [2.05, 4.69) is 0 Å². The Hall–Kier alpha value is -1.42. The van der Waals surface area contributed by atoms with Crippen LogP contribution in [0, 0.1) is 11.6 Å². The molecule has 2 aromatic rings. The highest BCUT2D eigenvalue weighted by atomic mass is 19.1. The molecule has 1 atom stereocenters. The molecule has 2 rings (SSSR count). The number of furan rings is 1. The summed E-state index contributed by atoms with van der Waals surface area (Å²) in [6, 6.07) is 3.29. The van der Waals surface area contributed by atoms with Gasteiger partial charge in [-0.3, -0.25) is 0 Å². The number of rotatable bonds is 3. The molecule has 0 fully saturated rings. The van der Waals surface area contributed by atoms with Crippen LogP contribution in [-0.4, -0.2) is 0 Å². The van der Waals surface area contributed by atoms with Gasteiger partial charge in [0.15, 0.2) is 0 Å². The van der Waals surface area contributed by atoms with Crippen molar-refractivity contribution >= 4 is 11.0 Å². The molecule has 0 spiro atoms. The predicted molar refractivity (Wildman–Crippen MR) is 58.0 cm³/mol. The molecule has 16 heavy (non-hydrogen) atoms. The minimum Gasteiger partial charge on any atom is -0.459 e. The summed E-state index contributed by atoms with van der Waals surface area (Å²) < 4.78 is 31.6. The number of nitrogens with two attached hydrogens (primary N) is 1. The molecule has 1 unspecified atom stereocenters. The van der Waals surface area contributed by atoms with Gasteiger partial charge in [-0.15, -0.1) is 0 Å². The Bertz CT molecular complexity index is 507. The van der Waals surface area contributed by atoms with E-state index in [0.29, 0.717) is 5.76 Å². The first-order valence-electron chi connectivity index (χ1n) is 5.26. The van der Waals surface area contributed by atoms with Gasteiger partial charge in [0, 0.05) is 12.1 Å². The molecule has 0 aliphatic heterocycles. The minimum absolute atomic E-state index is 0.207. The van der Waals surface area contributed by atoms with Crippen LogP contribution in [0.1, 0.15) is 31.6 Å². The Labute approximate surface area is 92.0 Å². The first-order valence-corrected chi connectivity index (χ1v) is 5.26. The first-order chi connectivity index (χ1) is 7.61. The van der Waals surface area contributed by atoms with E-state index < -0.39 is 11.6 Å². The smallest absolute Gasteiger partial charge is 0.140 e. The number of benzene rings is 1. The Balaban J connectivity index is 2.47. The van der Waals surface area contributed by atoms with Gasteiger partial charge in [0.05, 0.1) is 11.4 Å². The molecule has 0 aliphatic rings. The number of fused-ring (bicyclic) bond motifs is 1. The molecule has 1 aromatic heterocycles. The van der Waals surface area contributed by atoms with E-state index in [-0.39, 0.29) is 17.0 Å². The van der Waals surface area contributed by atoms with Gasteiger partial charge in [0.25, 0.3) is 0 Å². The summed E-state index contributed by atoms with van der Waals surface area (Å²) >= 11 is 0. The fourth-order valence-corrected chi connectivity index (χ4v) is 1.72. The molecule has 1 heterocycles. The largest absolute Gasteiger partial charge is 0.459 e. The summed E-state index contributed by atoms with van der Waals surface area (Å²) in [5.74, 6) is -0.759. The standard InChI is InChI=1S/C12H13F2NO/c1-2-3-10(15)12-6-8-9(14)4-7(13)5-11(8)16-12/h4-6,10H,2-3,15H2,1H3. The zero-order valence-corrected chi connectivity index (χ0v) is 8.97. The lowest BCUT2D eigenvalue weighted by Crippen LogP contribution is -2.08. The summed E-state index contributed by atoms with van der Waals surface area (Å²) in [5.41, 5.74) is 6.06. The minimum atomic E-state index is -0.644. The summed E-state index contributed by atoms with van der Waals surface area (Å²) in [5, 5.41) is 0.281. The van der Waals surface area contributed by atoms with Gasteiger partial charge in [0.2, 0.25) is 0 Å². The molecule has 2 N–H and O–H groups in total. The Morgan fingerprint density at radius 1 is 1.31 bits per heavy atom. The van der Waals surface area contributed by atoms with Crippen LogP contribution in [0.2, 0.25) is 0 Å². The molecule has 0 radical (unpaired) electrons. The Morgan fingerprint density at radius 2 is 2.06 bits per heavy atom. The zero-order chi connectivity index (χ0) is 11.7. The van der Waals surface area contributed by atoms with Crippen molar-refractivity contribution in [2.24, 2.45) is 5.73 Å². The van der Waals surface area contributed by atoms with Crippen molar-refractivity contribution in [1.82, 2.24) is 0 Å². The predicted octanol–water partition coefficient (Wildman–Crippen LogP) is 3.51. The average Bonchev–Trinajstić information content (AvgIpc) is 2.62. The third-order valence-electron chi connectivity index (χ3n) is 2.54. The summed E-state index contributed by atoms with van der Waals surface area (Å²) in [6.45, 7) is 2.00. The number of hydrogen-bond acceptors (Lipinski definition) is 2. The Morgan fingerprint density at radius 3 is 2.75 bits per heavy atom. The van der Waals surface area contributed by atoms with Crippen LogP contribution in [0.25, 0.3) is 11.0 Å². The highest BCUT2D eigenvalue weighted by molar-refractivity contribution is 5.78. The van der Waals surface area contributed by atoms with Crippen molar-refractivity contribution in [3.8, 4) is 0 Å². The molecule has 86 valence electrons. The van der Waals surface area contributed by atoms with Crippen molar-refractivity contribution in [2.75, 3.05) is 0 Å². The molecule has 0 aliphatic carbocycles. The highest BCUT2D eigenvalue weighted by Gasteiger charge is 2.14. The molecule has 1 aromatic carbocycles. The van der Waals surface area contributed by atoms with Crippen LogP contribution in [-0.2, 0) is 0 Å². The van der Waals surface area contributed by atoms with E-state index in [0.717, 1.165) is 18.9 Å². The van der Waals surface area contributed by atoms with Crippen LogP contribution < -0.4 is 5.73 Å². The number of hydrogen-bond donors (Lipinski definition) is 1. The second-order valence-electron chi connectivity index (χ2n) is 3.84. The van der Waals surface area contributed by atoms with Crippen molar-refractivity contribution in [3.05, 3.63) is 35.6 Å². The summed E-state index contributed by atoms with van der Waals surface area (Å²) in [6.07, 6.45) is 1.67. The van der Waals surface area contributed by atoms with Crippen molar-refractivity contribution in [1.29, 1.82) is 0 Å². The van der Waals surface area contributed by atoms with Gasteiger partial charge in [-0.25, -0.2) is 8.78 Å². The van der Waals surface area contributed by atoms with Crippen LogP contribution in [0.15, 0.2) is 22.6 Å². The lowest BCUT2D eigenvalue weighted by molar-refractivity contribution is 0.473. The van der Waals surface area contributed by atoms with E-state index in [1.54, 1.807) is 6.07 Å². The Kier molecular flexibility index (Phi) is 2.92. The topological polar surface area (TPSA) is 39.2 Å². The summed E-state index contributed by atoms with van der Waals surface area (Å²) in [4.78, 5) is 0. The second-order valence-corrected chi connectivity index (χ2v) is 3.84. The van der Waals surface area contributed by atoms with Gasteiger partial charge >= 0.3 is 0 Å². The molecule has 0 saturated carbocycles. The SMILES string of the molecule is CCCC(N)c1cc2c(F)cc(F)cc2o1. The molecule has 0 amide bonds. The monoisotopic (exact) mass is 225 g/mol. The first kappa shape index (κ1) is 11.1. The van der Waals surface area contributed by atoms with E-state index in [9.17, 15) is 8.78 Å². The second kappa shape index (κ2) is 4.22. The fourth-order valence-electron chi connectivity index (χ4n) is 1.72. The van der Waals surface area contributed by atoms with Crippen LogP contribution in [0.3, 0.4) is 0 Å². The number of halogens is 2. The van der Waals surface area contributed by atoms with Crippen LogP contribution in [0.5, 0.6) is 0 Å². The van der Waals surface area contributed by atoms with Gasteiger partial charge in [0.1, 0.15) is 23.0 Å². The molecule has 2 nitrogen and oxygen atoms in total. The quantitative estimate of drug-likeness (QED) is 0.868. The van der Waals surface area contributed by atoms with Gasteiger partial charge in [-0.05, 0) is 12.5 Å². The van der Waals surface area contributed by atoms with Crippen molar-refractivity contribution in [2.45, 2.75) is 25.8 Å². The average molecular weight is 225 g/mol. The maximum atomic E-state index is 13.4. The summed E-state index contributed by atoms with van der Waals surface area (Å²) in [7, 11) is 0. The zero-order valence-electron chi connectivity index (χ0n) is 8.97. The molecule has 0 saturated heterocycles. The lowest BCUT2D eigenvalue weighted by atomic mass is 10.1. The van der Waals surface area contributed by atoms with E-state index >= 15 is 0 Å². The van der Waals surface area contributed by atoms with E-state index in [1.807, 2.05) is 6.92 Å². The highest BCUT2D eigenvalue weighted by Crippen LogP contribution is 2.27. The molecular weight excluding hydrogens is 212 g/mol. The van der Waals surface area contributed by atoms with Crippen molar-refractivity contribution < 1.29 is 13.2 Å². The third-order valence-corrected chi connectivity index (χ3v) is 2.54. The fraction of sp³-hybridized carbons (Fsp3) is 0.333. The third kappa shape index (κ3) is 1.93. The molecular formula is C12H13F2NO. The van der Waals surface area contributed by atoms with Gasteiger partial charge in [-0.1, -0.05) is 13.3 Å². The molecule has 0 bridgehead atoms. The van der Waals surface area contributed by atoms with Crippen LogP contribution >= 0.6 is 0 Å². The van der Waals surface area contributed by atoms with E-state index in [1.165, 1.54) is 6.07 Å². The van der Waals surface area contributed by atoms with Gasteiger partial charge < -0.3 is 10.2 Å². The van der Waals surface area contributed by atoms with Gasteiger partial charge in [-0.2, -0.15) is 0 Å².